The van der Waals surface area contributed by atoms with E-state index in [4.69, 9.17) is 5.11 Å². The smallest absolute Gasteiger partial charge is 0.225 e. The van der Waals surface area contributed by atoms with Crippen molar-refractivity contribution in [3.8, 4) is 0 Å². The third-order valence-corrected chi connectivity index (χ3v) is 3.78. The van der Waals surface area contributed by atoms with Crippen LogP contribution in [0.3, 0.4) is 0 Å². The molecule has 1 saturated heterocycles. The number of rotatable bonds is 5. The molecule has 0 radical (unpaired) electrons. The zero-order chi connectivity index (χ0) is 14.4. The van der Waals surface area contributed by atoms with Crippen LogP contribution < -0.4 is 4.90 Å². The van der Waals surface area contributed by atoms with E-state index in [9.17, 15) is 4.79 Å². The molecule has 1 amide bonds. The fraction of sp³-hybridized carbons (Fsp3) is 0.643. The van der Waals surface area contributed by atoms with Gasteiger partial charge in [0.15, 0.2) is 0 Å². The largest absolute Gasteiger partial charge is 0.395 e. The standard InChI is InChI=1S/C14H22N4O2/c1-2-17(9-10-19)14(20)12-3-7-18(8-4-12)13-11-15-5-6-16-13/h5-6,11-12,19H,2-4,7-10H2,1H3. The van der Waals surface area contributed by atoms with Crippen molar-refractivity contribution < 1.29 is 9.90 Å². The Kier molecular flexibility index (Phi) is 5.29. The summed E-state index contributed by atoms with van der Waals surface area (Å²) in [4.78, 5) is 24.6. The minimum Gasteiger partial charge on any atom is -0.395 e. The molecule has 0 aliphatic carbocycles. The summed E-state index contributed by atoms with van der Waals surface area (Å²) >= 11 is 0. The highest BCUT2D eigenvalue weighted by Crippen LogP contribution is 2.22. The number of aliphatic hydroxyl groups excluding tert-OH is 1. The third-order valence-electron chi connectivity index (χ3n) is 3.78. The Morgan fingerprint density at radius 3 is 2.75 bits per heavy atom. The molecule has 0 aromatic carbocycles. The lowest BCUT2D eigenvalue weighted by Gasteiger charge is -2.34. The van der Waals surface area contributed by atoms with E-state index in [1.165, 1.54) is 0 Å². The molecule has 1 fully saturated rings. The maximum atomic E-state index is 12.3. The minimum atomic E-state index is 0.0258. The first kappa shape index (κ1) is 14.7. The van der Waals surface area contributed by atoms with Crippen molar-refractivity contribution in [2.24, 2.45) is 5.92 Å². The molecule has 0 unspecified atom stereocenters. The summed E-state index contributed by atoms with van der Waals surface area (Å²) in [6.07, 6.45) is 6.77. The van der Waals surface area contributed by atoms with Gasteiger partial charge in [0, 0.05) is 44.5 Å². The first-order valence-electron chi connectivity index (χ1n) is 7.16. The molecule has 0 saturated carbocycles. The molecule has 1 aliphatic rings. The first-order chi connectivity index (χ1) is 9.76. The molecule has 2 rings (SSSR count). The highest BCUT2D eigenvalue weighted by Gasteiger charge is 2.28. The summed E-state index contributed by atoms with van der Waals surface area (Å²) < 4.78 is 0. The Hall–Kier alpha value is -1.69. The van der Waals surface area contributed by atoms with Gasteiger partial charge in [-0.3, -0.25) is 9.78 Å². The molecule has 6 nitrogen and oxygen atoms in total. The van der Waals surface area contributed by atoms with Crippen molar-refractivity contribution in [1.29, 1.82) is 0 Å². The highest BCUT2D eigenvalue weighted by molar-refractivity contribution is 5.79. The van der Waals surface area contributed by atoms with Gasteiger partial charge in [0.05, 0.1) is 12.8 Å². The summed E-state index contributed by atoms with van der Waals surface area (Å²) in [6.45, 7) is 4.71. The Balaban J connectivity index is 1.89. The topological polar surface area (TPSA) is 69.6 Å². The van der Waals surface area contributed by atoms with E-state index in [1.54, 1.807) is 23.5 Å². The number of piperidine rings is 1. The maximum Gasteiger partial charge on any atom is 0.225 e. The molecular weight excluding hydrogens is 256 g/mol. The van der Waals surface area contributed by atoms with Crippen LogP contribution in [0.15, 0.2) is 18.6 Å². The second-order valence-electron chi connectivity index (χ2n) is 4.97. The average molecular weight is 278 g/mol. The monoisotopic (exact) mass is 278 g/mol. The number of hydrogen-bond donors (Lipinski definition) is 1. The van der Waals surface area contributed by atoms with Crippen LogP contribution in [0.2, 0.25) is 0 Å². The zero-order valence-electron chi connectivity index (χ0n) is 11.9. The highest BCUT2D eigenvalue weighted by atomic mass is 16.3. The molecule has 1 aliphatic heterocycles. The van der Waals surface area contributed by atoms with Gasteiger partial charge in [-0.1, -0.05) is 0 Å². The summed E-state index contributed by atoms with van der Waals surface area (Å²) in [5, 5.41) is 8.99. The Bertz CT molecular complexity index is 418. The summed E-state index contributed by atoms with van der Waals surface area (Å²) in [6, 6.07) is 0. The first-order valence-corrected chi connectivity index (χ1v) is 7.16. The molecule has 20 heavy (non-hydrogen) atoms. The van der Waals surface area contributed by atoms with Gasteiger partial charge < -0.3 is 14.9 Å². The second-order valence-corrected chi connectivity index (χ2v) is 4.97. The molecule has 1 aromatic rings. The molecule has 2 heterocycles. The van der Waals surface area contributed by atoms with Gasteiger partial charge in [-0.25, -0.2) is 4.98 Å². The van der Waals surface area contributed by atoms with E-state index in [-0.39, 0.29) is 18.4 Å². The number of anilines is 1. The second kappa shape index (κ2) is 7.19. The number of carbonyl (C=O) groups is 1. The molecule has 6 heteroatoms. The van der Waals surface area contributed by atoms with E-state index in [0.717, 1.165) is 31.7 Å². The normalized spacial score (nSPS) is 16.2. The number of likely N-dealkylation sites (N-methyl/N-ethyl adjacent to an activating group) is 1. The molecule has 0 spiro atoms. The van der Waals surface area contributed by atoms with E-state index < -0.39 is 0 Å². The lowest BCUT2D eigenvalue weighted by atomic mass is 9.95. The van der Waals surface area contributed by atoms with Gasteiger partial charge >= 0.3 is 0 Å². The predicted molar refractivity (Wildman–Crippen MR) is 76.3 cm³/mol. The summed E-state index contributed by atoms with van der Waals surface area (Å²) in [5.74, 6) is 1.11. The van der Waals surface area contributed by atoms with E-state index in [2.05, 4.69) is 14.9 Å². The van der Waals surface area contributed by atoms with Crippen molar-refractivity contribution in [2.45, 2.75) is 19.8 Å². The van der Waals surface area contributed by atoms with Gasteiger partial charge in [-0.05, 0) is 19.8 Å². The number of nitrogens with zero attached hydrogens (tertiary/aromatic N) is 4. The van der Waals surface area contributed by atoms with E-state index in [0.29, 0.717) is 13.1 Å². The van der Waals surface area contributed by atoms with Crippen molar-refractivity contribution >= 4 is 11.7 Å². The molecule has 1 N–H and O–H groups in total. The maximum absolute atomic E-state index is 12.3. The van der Waals surface area contributed by atoms with Crippen LogP contribution >= 0.6 is 0 Å². The third kappa shape index (κ3) is 3.45. The van der Waals surface area contributed by atoms with Crippen LogP contribution in [0.25, 0.3) is 0 Å². The van der Waals surface area contributed by atoms with Crippen molar-refractivity contribution in [3.05, 3.63) is 18.6 Å². The average Bonchev–Trinajstić information content (AvgIpc) is 2.53. The van der Waals surface area contributed by atoms with Crippen molar-refractivity contribution in [1.82, 2.24) is 14.9 Å². The number of carbonyl (C=O) groups excluding carboxylic acids is 1. The van der Waals surface area contributed by atoms with Crippen LogP contribution in [0, 0.1) is 5.92 Å². The molecule has 1 aromatic heterocycles. The Morgan fingerprint density at radius 1 is 1.45 bits per heavy atom. The summed E-state index contributed by atoms with van der Waals surface area (Å²) in [7, 11) is 0. The molecule has 0 atom stereocenters. The SMILES string of the molecule is CCN(CCO)C(=O)C1CCN(c2cnccn2)CC1. The van der Waals surface area contributed by atoms with Crippen LogP contribution in [0.1, 0.15) is 19.8 Å². The van der Waals surface area contributed by atoms with Gasteiger partial charge in [-0.15, -0.1) is 0 Å². The van der Waals surface area contributed by atoms with E-state index in [1.807, 2.05) is 6.92 Å². The van der Waals surface area contributed by atoms with Crippen LogP contribution in [0.5, 0.6) is 0 Å². The summed E-state index contributed by atoms with van der Waals surface area (Å²) in [5.41, 5.74) is 0. The Morgan fingerprint density at radius 2 is 2.20 bits per heavy atom. The van der Waals surface area contributed by atoms with E-state index >= 15 is 0 Å². The zero-order valence-corrected chi connectivity index (χ0v) is 11.9. The van der Waals surface area contributed by atoms with Gasteiger partial charge in [-0.2, -0.15) is 0 Å². The quantitative estimate of drug-likeness (QED) is 0.851. The number of aromatic nitrogens is 2. The predicted octanol–water partition coefficient (Wildman–Crippen LogP) is 0.534. The molecule has 0 bridgehead atoms. The Labute approximate surface area is 119 Å². The lowest BCUT2D eigenvalue weighted by molar-refractivity contribution is -0.136. The fourth-order valence-electron chi connectivity index (χ4n) is 2.61. The lowest BCUT2D eigenvalue weighted by Crippen LogP contribution is -2.43. The number of hydrogen-bond acceptors (Lipinski definition) is 5. The van der Waals surface area contributed by atoms with Crippen LogP contribution in [-0.4, -0.2) is 58.7 Å². The van der Waals surface area contributed by atoms with Crippen LogP contribution in [-0.2, 0) is 4.79 Å². The van der Waals surface area contributed by atoms with Gasteiger partial charge in [0.1, 0.15) is 5.82 Å². The minimum absolute atomic E-state index is 0.0258. The van der Waals surface area contributed by atoms with Gasteiger partial charge in [0.25, 0.3) is 0 Å². The van der Waals surface area contributed by atoms with Crippen LogP contribution in [0.4, 0.5) is 5.82 Å². The van der Waals surface area contributed by atoms with Crippen molar-refractivity contribution in [3.63, 3.8) is 0 Å². The number of aliphatic hydroxyl groups is 1. The fourth-order valence-corrected chi connectivity index (χ4v) is 2.61. The molecular formula is C14H22N4O2. The van der Waals surface area contributed by atoms with Crippen molar-refractivity contribution in [2.75, 3.05) is 37.7 Å². The molecule has 110 valence electrons. The van der Waals surface area contributed by atoms with Gasteiger partial charge in [0.2, 0.25) is 5.91 Å². The number of amides is 1.